The summed E-state index contributed by atoms with van der Waals surface area (Å²) in [7, 11) is 1.76. The molecular weight excluding hydrogens is 208 g/mol. The molecule has 0 radical (unpaired) electrons. The molecular formula is C11H20N2O3. The number of aliphatic carboxylic acids is 1. The Morgan fingerprint density at radius 2 is 2.12 bits per heavy atom. The highest BCUT2D eigenvalue weighted by atomic mass is 16.4. The molecule has 1 rings (SSSR count). The Morgan fingerprint density at radius 3 is 2.56 bits per heavy atom. The topological polar surface area (TPSA) is 69.6 Å². The number of hydrogen-bond donors (Lipinski definition) is 2. The van der Waals surface area contributed by atoms with E-state index in [-0.39, 0.29) is 18.5 Å². The van der Waals surface area contributed by atoms with E-state index in [2.05, 4.69) is 5.32 Å². The maximum atomic E-state index is 11.7. The number of hydrogen-bond acceptors (Lipinski definition) is 2. The van der Waals surface area contributed by atoms with Crippen LogP contribution in [0, 0.1) is 0 Å². The van der Waals surface area contributed by atoms with E-state index < -0.39 is 5.97 Å². The van der Waals surface area contributed by atoms with Gasteiger partial charge in [-0.25, -0.2) is 4.79 Å². The van der Waals surface area contributed by atoms with Crippen molar-refractivity contribution in [1.29, 1.82) is 0 Å². The molecule has 1 fully saturated rings. The number of carboxylic acid groups (broad SMARTS) is 1. The summed E-state index contributed by atoms with van der Waals surface area (Å²) in [6.45, 7) is 1.98. The number of nitrogens with zero attached hydrogens (tertiary/aromatic N) is 1. The van der Waals surface area contributed by atoms with Gasteiger partial charge in [0.25, 0.3) is 0 Å². The molecule has 0 aromatic carbocycles. The molecule has 16 heavy (non-hydrogen) atoms. The molecule has 1 aliphatic rings. The second-order valence-corrected chi connectivity index (χ2v) is 4.38. The summed E-state index contributed by atoms with van der Waals surface area (Å²) >= 11 is 0. The predicted octanol–water partition coefficient (Wildman–Crippen LogP) is 1.43. The molecule has 0 spiro atoms. The van der Waals surface area contributed by atoms with E-state index in [9.17, 15) is 9.59 Å². The molecule has 0 aromatic rings. The van der Waals surface area contributed by atoms with Crippen LogP contribution in [-0.2, 0) is 4.79 Å². The Bertz CT molecular complexity index is 264. The third kappa shape index (κ3) is 4.08. The van der Waals surface area contributed by atoms with Crippen LogP contribution < -0.4 is 5.32 Å². The molecule has 5 nitrogen and oxygen atoms in total. The van der Waals surface area contributed by atoms with Crippen molar-refractivity contribution in [3.8, 4) is 0 Å². The Labute approximate surface area is 95.8 Å². The SMILES string of the molecule is CCCC(CC(=O)O)NC(=O)N(C)C1CC1. The summed E-state index contributed by atoms with van der Waals surface area (Å²) in [5.41, 5.74) is 0. The highest BCUT2D eigenvalue weighted by Crippen LogP contribution is 2.25. The molecule has 1 unspecified atom stereocenters. The number of urea groups is 1. The molecule has 2 N–H and O–H groups in total. The van der Waals surface area contributed by atoms with Gasteiger partial charge in [-0.2, -0.15) is 0 Å². The van der Waals surface area contributed by atoms with E-state index in [1.54, 1.807) is 11.9 Å². The summed E-state index contributed by atoms with van der Waals surface area (Å²) in [6.07, 6.45) is 3.68. The molecule has 1 aliphatic carbocycles. The number of carbonyl (C=O) groups excluding carboxylic acids is 1. The van der Waals surface area contributed by atoms with Gasteiger partial charge in [-0.3, -0.25) is 4.79 Å². The summed E-state index contributed by atoms with van der Waals surface area (Å²) < 4.78 is 0. The van der Waals surface area contributed by atoms with Crippen molar-refractivity contribution in [2.24, 2.45) is 0 Å². The second-order valence-electron chi connectivity index (χ2n) is 4.38. The summed E-state index contributed by atoms with van der Waals surface area (Å²) in [5.74, 6) is -0.868. The smallest absolute Gasteiger partial charge is 0.317 e. The van der Waals surface area contributed by atoms with Crippen LogP contribution in [0.3, 0.4) is 0 Å². The fraction of sp³-hybridized carbons (Fsp3) is 0.818. The fourth-order valence-corrected chi connectivity index (χ4v) is 1.69. The number of carboxylic acids is 1. The van der Waals surface area contributed by atoms with Crippen LogP contribution in [0.15, 0.2) is 0 Å². The molecule has 0 aliphatic heterocycles. The molecule has 0 aromatic heterocycles. The Balaban J connectivity index is 2.39. The third-order valence-corrected chi connectivity index (χ3v) is 2.80. The Kier molecular flexibility index (Phi) is 4.58. The van der Waals surface area contributed by atoms with E-state index >= 15 is 0 Å². The first kappa shape index (κ1) is 12.8. The van der Waals surface area contributed by atoms with Gasteiger partial charge in [0.05, 0.1) is 6.42 Å². The van der Waals surface area contributed by atoms with Gasteiger partial charge in [-0.15, -0.1) is 0 Å². The van der Waals surface area contributed by atoms with Crippen LogP contribution in [0.5, 0.6) is 0 Å². The maximum absolute atomic E-state index is 11.7. The fourth-order valence-electron chi connectivity index (χ4n) is 1.69. The van der Waals surface area contributed by atoms with E-state index in [4.69, 9.17) is 5.11 Å². The zero-order chi connectivity index (χ0) is 12.1. The number of nitrogens with one attached hydrogen (secondary N) is 1. The van der Waals surface area contributed by atoms with E-state index in [0.29, 0.717) is 12.5 Å². The molecule has 5 heteroatoms. The van der Waals surface area contributed by atoms with Crippen LogP contribution >= 0.6 is 0 Å². The van der Waals surface area contributed by atoms with Gasteiger partial charge in [-0.05, 0) is 19.3 Å². The normalized spacial score (nSPS) is 16.6. The minimum absolute atomic E-state index is 0.00190. The van der Waals surface area contributed by atoms with Gasteiger partial charge in [0.2, 0.25) is 0 Å². The van der Waals surface area contributed by atoms with Crippen molar-refractivity contribution in [1.82, 2.24) is 10.2 Å². The minimum atomic E-state index is -0.868. The first-order chi connectivity index (χ1) is 7.54. The lowest BCUT2D eigenvalue weighted by Gasteiger charge is -2.22. The zero-order valence-corrected chi connectivity index (χ0v) is 9.90. The van der Waals surface area contributed by atoms with Crippen molar-refractivity contribution in [2.45, 2.75) is 51.1 Å². The molecule has 0 saturated heterocycles. The molecule has 2 amide bonds. The van der Waals surface area contributed by atoms with Crippen molar-refractivity contribution < 1.29 is 14.7 Å². The Hall–Kier alpha value is -1.26. The van der Waals surface area contributed by atoms with Gasteiger partial charge >= 0.3 is 12.0 Å². The van der Waals surface area contributed by atoms with Gasteiger partial charge in [0.1, 0.15) is 0 Å². The van der Waals surface area contributed by atoms with Crippen LogP contribution in [0.2, 0.25) is 0 Å². The van der Waals surface area contributed by atoms with Crippen LogP contribution in [0.25, 0.3) is 0 Å². The maximum Gasteiger partial charge on any atom is 0.317 e. The first-order valence-corrected chi connectivity index (χ1v) is 5.79. The lowest BCUT2D eigenvalue weighted by molar-refractivity contribution is -0.137. The number of carbonyl (C=O) groups is 2. The summed E-state index contributed by atoms with van der Waals surface area (Å²) in [4.78, 5) is 24.0. The summed E-state index contributed by atoms with van der Waals surface area (Å²) in [6, 6.07) is -0.0505. The number of amides is 2. The minimum Gasteiger partial charge on any atom is -0.481 e. The van der Waals surface area contributed by atoms with Crippen molar-refractivity contribution in [3.05, 3.63) is 0 Å². The number of rotatable bonds is 6. The van der Waals surface area contributed by atoms with E-state index in [1.165, 1.54) is 0 Å². The third-order valence-electron chi connectivity index (χ3n) is 2.80. The van der Waals surface area contributed by atoms with Crippen molar-refractivity contribution >= 4 is 12.0 Å². The average molecular weight is 228 g/mol. The standard InChI is InChI=1S/C11H20N2O3/c1-3-4-8(7-10(14)15)12-11(16)13(2)9-5-6-9/h8-9H,3-7H2,1-2H3,(H,12,16)(H,14,15). The van der Waals surface area contributed by atoms with Crippen LogP contribution in [-0.4, -0.2) is 41.1 Å². The highest BCUT2D eigenvalue weighted by molar-refractivity contribution is 5.76. The van der Waals surface area contributed by atoms with Crippen LogP contribution in [0.1, 0.15) is 39.0 Å². The zero-order valence-electron chi connectivity index (χ0n) is 9.90. The average Bonchev–Trinajstić information content (AvgIpc) is 2.99. The first-order valence-electron chi connectivity index (χ1n) is 5.79. The lowest BCUT2D eigenvalue weighted by atomic mass is 10.1. The van der Waals surface area contributed by atoms with Gasteiger partial charge in [-0.1, -0.05) is 13.3 Å². The predicted molar refractivity (Wildman–Crippen MR) is 60.3 cm³/mol. The van der Waals surface area contributed by atoms with Crippen LogP contribution in [0.4, 0.5) is 4.79 Å². The van der Waals surface area contributed by atoms with E-state index in [1.807, 2.05) is 6.92 Å². The molecule has 0 bridgehead atoms. The molecule has 1 saturated carbocycles. The highest BCUT2D eigenvalue weighted by Gasteiger charge is 2.30. The Morgan fingerprint density at radius 1 is 1.50 bits per heavy atom. The lowest BCUT2D eigenvalue weighted by Crippen LogP contribution is -2.44. The van der Waals surface area contributed by atoms with Crippen molar-refractivity contribution in [3.63, 3.8) is 0 Å². The molecule has 1 atom stereocenters. The molecule has 92 valence electrons. The monoisotopic (exact) mass is 228 g/mol. The summed E-state index contributed by atoms with van der Waals surface area (Å²) in [5, 5.41) is 11.5. The quantitative estimate of drug-likeness (QED) is 0.722. The molecule has 0 heterocycles. The van der Waals surface area contributed by atoms with Crippen molar-refractivity contribution in [2.75, 3.05) is 7.05 Å². The van der Waals surface area contributed by atoms with Gasteiger partial charge < -0.3 is 15.3 Å². The second kappa shape index (κ2) is 5.72. The van der Waals surface area contributed by atoms with E-state index in [0.717, 1.165) is 19.3 Å². The largest absolute Gasteiger partial charge is 0.481 e. The van der Waals surface area contributed by atoms with Gasteiger partial charge in [0, 0.05) is 19.1 Å². The van der Waals surface area contributed by atoms with Gasteiger partial charge in [0.15, 0.2) is 0 Å².